The van der Waals surface area contributed by atoms with Gasteiger partial charge in [0.15, 0.2) is 0 Å². The summed E-state index contributed by atoms with van der Waals surface area (Å²) >= 11 is 0. The Kier molecular flexibility index (Phi) is 2.85. The second-order valence-corrected chi connectivity index (χ2v) is 5.42. The van der Waals surface area contributed by atoms with Crippen molar-refractivity contribution in [3.05, 3.63) is 52.6 Å². The molecule has 3 rings (SSSR count). The quantitative estimate of drug-likeness (QED) is 0.728. The van der Waals surface area contributed by atoms with E-state index in [9.17, 15) is 13.2 Å². The maximum absolute atomic E-state index is 12.7. The van der Waals surface area contributed by atoms with E-state index in [1.54, 1.807) is 13.0 Å². The molecule has 1 N–H and O–H groups in total. The average molecular weight is 277 g/mol. The minimum absolute atomic E-state index is 0.115. The SMILES string of the molecule is CC1CC2=C(C=C1C(=N)C(F)(F)F)Cc1ccccc12. The molecule has 20 heavy (non-hydrogen) atoms. The lowest BCUT2D eigenvalue weighted by molar-refractivity contribution is -0.0593. The van der Waals surface area contributed by atoms with Gasteiger partial charge >= 0.3 is 6.18 Å². The number of hydrogen-bond donors (Lipinski definition) is 1. The van der Waals surface area contributed by atoms with E-state index in [1.807, 2.05) is 24.3 Å². The third-order valence-corrected chi connectivity index (χ3v) is 4.05. The van der Waals surface area contributed by atoms with Crippen molar-refractivity contribution in [2.45, 2.75) is 25.9 Å². The zero-order valence-corrected chi connectivity index (χ0v) is 11.0. The van der Waals surface area contributed by atoms with Crippen molar-refractivity contribution < 1.29 is 13.2 Å². The molecular formula is C16H14F3N. The number of allylic oxidation sites excluding steroid dienone is 4. The first-order valence-electron chi connectivity index (χ1n) is 6.56. The molecule has 2 aliphatic rings. The Bertz CT molecular complexity index is 650. The van der Waals surface area contributed by atoms with Gasteiger partial charge in [-0.25, -0.2) is 0 Å². The van der Waals surface area contributed by atoms with E-state index >= 15 is 0 Å². The van der Waals surface area contributed by atoms with Crippen LogP contribution in [0.5, 0.6) is 0 Å². The lowest BCUT2D eigenvalue weighted by atomic mass is 9.82. The molecule has 0 amide bonds. The number of nitrogens with one attached hydrogen (secondary N) is 1. The van der Waals surface area contributed by atoms with Gasteiger partial charge in [-0.2, -0.15) is 13.2 Å². The first kappa shape index (κ1) is 13.2. The monoisotopic (exact) mass is 277 g/mol. The molecule has 0 spiro atoms. The molecule has 1 aromatic rings. The van der Waals surface area contributed by atoms with Gasteiger partial charge in [-0.3, -0.25) is 5.41 Å². The fourth-order valence-corrected chi connectivity index (χ4v) is 3.06. The predicted octanol–water partition coefficient (Wildman–Crippen LogP) is 4.54. The van der Waals surface area contributed by atoms with Crippen LogP contribution in [0.4, 0.5) is 13.2 Å². The number of hydrogen-bond acceptors (Lipinski definition) is 1. The van der Waals surface area contributed by atoms with Crippen LogP contribution in [0, 0.1) is 11.3 Å². The minimum atomic E-state index is -4.57. The lowest BCUT2D eigenvalue weighted by Crippen LogP contribution is -2.28. The van der Waals surface area contributed by atoms with Gasteiger partial charge in [0.1, 0.15) is 5.71 Å². The van der Waals surface area contributed by atoms with Gasteiger partial charge in [-0.15, -0.1) is 0 Å². The fraction of sp³-hybridized carbons (Fsp3) is 0.312. The fourth-order valence-electron chi connectivity index (χ4n) is 3.06. The molecule has 4 heteroatoms. The first-order chi connectivity index (χ1) is 9.38. The predicted molar refractivity (Wildman–Crippen MR) is 72.7 cm³/mol. The van der Waals surface area contributed by atoms with Crippen molar-refractivity contribution in [2.75, 3.05) is 0 Å². The van der Waals surface area contributed by atoms with E-state index < -0.39 is 11.9 Å². The number of halogens is 3. The summed E-state index contributed by atoms with van der Waals surface area (Å²) in [6.07, 6.45) is -1.73. The number of benzene rings is 1. The van der Waals surface area contributed by atoms with Crippen molar-refractivity contribution in [1.82, 2.24) is 0 Å². The minimum Gasteiger partial charge on any atom is -0.296 e. The highest BCUT2D eigenvalue weighted by molar-refractivity contribution is 6.04. The largest absolute Gasteiger partial charge is 0.432 e. The van der Waals surface area contributed by atoms with Crippen LogP contribution in [0.15, 0.2) is 41.5 Å². The highest BCUT2D eigenvalue weighted by Crippen LogP contribution is 2.43. The number of alkyl halides is 3. The van der Waals surface area contributed by atoms with Gasteiger partial charge in [-0.05, 0) is 46.6 Å². The summed E-state index contributed by atoms with van der Waals surface area (Å²) in [6, 6.07) is 7.94. The van der Waals surface area contributed by atoms with Gasteiger partial charge in [0.05, 0.1) is 0 Å². The van der Waals surface area contributed by atoms with Crippen LogP contribution in [-0.4, -0.2) is 11.9 Å². The molecule has 0 saturated heterocycles. The summed E-state index contributed by atoms with van der Waals surface area (Å²) in [5.74, 6) is -0.269. The van der Waals surface area contributed by atoms with Crippen LogP contribution in [-0.2, 0) is 6.42 Å². The zero-order valence-electron chi connectivity index (χ0n) is 11.0. The standard InChI is InChI=1S/C16H14F3N/c1-9-6-14-11(7-10-4-2-3-5-12(10)14)8-13(9)15(20)16(17,18)19/h2-5,8-9,20H,6-7H2,1H3. The van der Waals surface area contributed by atoms with E-state index in [0.29, 0.717) is 12.8 Å². The van der Waals surface area contributed by atoms with Gasteiger partial charge in [-0.1, -0.05) is 37.3 Å². The topological polar surface area (TPSA) is 23.9 Å². The van der Waals surface area contributed by atoms with Crippen LogP contribution in [0.3, 0.4) is 0 Å². The third kappa shape index (κ3) is 1.99. The lowest BCUT2D eigenvalue weighted by Gasteiger charge is -2.24. The smallest absolute Gasteiger partial charge is 0.296 e. The maximum atomic E-state index is 12.7. The van der Waals surface area contributed by atoms with E-state index in [1.165, 1.54) is 5.56 Å². The molecule has 104 valence electrons. The van der Waals surface area contributed by atoms with Crippen LogP contribution in [0.1, 0.15) is 24.5 Å². The van der Waals surface area contributed by atoms with Gasteiger partial charge in [0, 0.05) is 0 Å². The van der Waals surface area contributed by atoms with Crippen molar-refractivity contribution in [2.24, 2.45) is 5.92 Å². The first-order valence-corrected chi connectivity index (χ1v) is 6.56. The molecule has 0 heterocycles. The molecule has 0 fully saturated rings. The number of rotatable bonds is 1. The second kappa shape index (κ2) is 4.33. The normalized spacial score (nSPS) is 21.4. The van der Waals surface area contributed by atoms with Crippen molar-refractivity contribution in [3.8, 4) is 0 Å². The Balaban J connectivity index is 2.02. The van der Waals surface area contributed by atoms with E-state index in [4.69, 9.17) is 5.41 Å². The van der Waals surface area contributed by atoms with Gasteiger partial charge in [0.2, 0.25) is 0 Å². The van der Waals surface area contributed by atoms with E-state index in [0.717, 1.165) is 16.7 Å². The molecule has 0 aromatic heterocycles. The zero-order chi connectivity index (χ0) is 14.5. The molecule has 2 aliphatic carbocycles. The van der Waals surface area contributed by atoms with Gasteiger partial charge < -0.3 is 0 Å². The summed E-state index contributed by atoms with van der Waals surface area (Å²) in [4.78, 5) is 0. The molecule has 1 aromatic carbocycles. The highest BCUT2D eigenvalue weighted by Gasteiger charge is 2.40. The summed E-state index contributed by atoms with van der Waals surface area (Å²) in [7, 11) is 0. The Morgan fingerprint density at radius 3 is 2.65 bits per heavy atom. The summed E-state index contributed by atoms with van der Waals surface area (Å²) < 4.78 is 38.2. The summed E-state index contributed by atoms with van der Waals surface area (Å²) in [5, 5.41) is 7.36. The van der Waals surface area contributed by atoms with Gasteiger partial charge in [0.25, 0.3) is 0 Å². The Morgan fingerprint density at radius 2 is 1.95 bits per heavy atom. The second-order valence-electron chi connectivity index (χ2n) is 5.42. The summed E-state index contributed by atoms with van der Waals surface area (Å²) in [5.41, 5.74) is 3.32. The van der Waals surface area contributed by atoms with Crippen molar-refractivity contribution in [1.29, 1.82) is 5.41 Å². The Hall–Kier alpha value is -1.84. The summed E-state index contributed by atoms with van der Waals surface area (Å²) in [6.45, 7) is 1.76. The average Bonchev–Trinajstić information content (AvgIpc) is 2.74. The molecule has 1 unspecified atom stereocenters. The molecule has 1 atom stereocenters. The van der Waals surface area contributed by atoms with Crippen LogP contribution < -0.4 is 0 Å². The van der Waals surface area contributed by atoms with Crippen molar-refractivity contribution >= 4 is 11.3 Å². The highest BCUT2D eigenvalue weighted by atomic mass is 19.4. The molecule has 0 saturated carbocycles. The van der Waals surface area contributed by atoms with Crippen LogP contribution in [0.25, 0.3) is 5.57 Å². The third-order valence-electron chi connectivity index (χ3n) is 4.05. The maximum Gasteiger partial charge on any atom is 0.432 e. The van der Waals surface area contributed by atoms with Crippen molar-refractivity contribution in [3.63, 3.8) is 0 Å². The molecule has 0 bridgehead atoms. The molecule has 0 radical (unpaired) electrons. The Morgan fingerprint density at radius 1 is 1.25 bits per heavy atom. The van der Waals surface area contributed by atoms with Crippen LogP contribution >= 0.6 is 0 Å². The van der Waals surface area contributed by atoms with E-state index in [2.05, 4.69) is 0 Å². The molecule has 0 aliphatic heterocycles. The molecule has 1 nitrogen and oxygen atoms in total. The van der Waals surface area contributed by atoms with Crippen LogP contribution in [0.2, 0.25) is 0 Å². The molecular weight excluding hydrogens is 263 g/mol. The van der Waals surface area contributed by atoms with E-state index in [-0.39, 0.29) is 11.5 Å². The Labute approximate surface area is 115 Å². The number of fused-ring (bicyclic) bond motifs is 2.